The first kappa shape index (κ1) is 17.3. The summed E-state index contributed by atoms with van der Waals surface area (Å²) in [7, 11) is -3.47. The minimum Gasteiger partial charge on any atom is -0.481 e. The highest BCUT2D eigenvalue weighted by Crippen LogP contribution is 2.32. The average molecular weight is 341 g/mol. The Hall–Kier alpha value is -2.08. The third-order valence-corrected chi connectivity index (χ3v) is 4.44. The van der Waals surface area contributed by atoms with E-state index in [1.54, 1.807) is 0 Å². The predicted octanol–water partition coefficient (Wildman–Crippen LogP) is 0.915. The molecular formula is C14H19N3O5S. The Bertz CT molecular complexity index is 708. The molecule has 0 spiro atoms. The Morgan fingerprint density at radius 2 is 2.04 bits per heavy atom. The average Bonchev–Trinajstić information content (AvgIpc) is 2.97. The van der Waals surface area contributed by atoms with Crippen molar-refractivity contribution >= 4 is 15.8 Å². The zero-order valence-electron chi connectivity index (χ0n) is 12.8. The molecule has 0 amide bonds. The van der Waals surface area contributed by atoms with Crippen molar-refractivity contribution in [1.29, 1.82) is 0 Å². The number of carboxylic acids is 1. The van der Waals surface area contributed by atoms with Gasteiger partial charge in [-0.3, -0.25) is 4.79 Å². The summed E-state index contributed by atoms with van der Waals surface area (Å²) in [5.41, 5.74) is 0. The highest BCUT2D eigenvalue weighted by Gasteiger charge is 2.27. The molecule has 0 atom stereocenters. The minimum absolute atomic E-state index is 0.0429. The monoisotopic (exact) mass is 341 g/mol. The molecule has 2 rings (SSSR count). The van der Waals surface area contributed by atoms with Gasteiger partial charge in [0.1, 0.15) is 0 Å². The number of nitrogens with zero attached hydrogens (tertiary/aromatic N) is 2. The molecule has 9 heteroatoms. The summed E-state index contributed by atoms with van der Waals surface area (Å²) < 4.78 is 27.9. The normalized spacial score (nSPS) is 21.3. The van der Waals surface area contributed by atoms with Gasteiger partial charge in [0.05, 0.1) is 6.42 Å². The van der Waals surface area contributed by atoms with Gasteiger partial charge in [0.2, 0.25) is 15.7 Å². The number of hydrogen-bond donors (Lipinski definition) is 2. The van der Waals surface area contributed by atoms with Crippen LogP contribution in [0.3, 0.4) is 0 Å². The van der Waals surface area contributed by atoms with Crippen molar-refractivity contribution in [2.45, 2.75) is 55.7 Å². The molecule has 2 N–H and O–H groups in total. The first-order valence-corrected chi connectivity index (χ1v) is 9.24. The second-order valence-electron chi connectivity index (χ2n) is 5.57. The highest BCUT2D eigenvalue weighted by molar-refractivity contribution is 7.90. The number of aliphatic carboxylic acids is 1. The maximum Gasteiger partial charge on any atom is 0.335 e. The second kappa shape index (κ2) is 7.46. The van der Waals surface area contributed by atoms with Crippen molar-refractivity contribution in [2.75, 3.05) is 6.26 Å². The number of sulfone groups is 1. The Kier molecular flexibility index (Phi) is 5.60. The molecule has 0 saturated heterocycles. The van der Waals surface area contributed by atoms with Gasteiger partial charge in [0.25, 0.3) is 0 Å². The fraction of sp³-hybridized carbons (Fsp3) is 0.643. The number of carboxylic acid groups (broad SMARTS) is 1. The van der Waals surface area contributed by atoms with E-state index < -0.39 is 15.8 Å². The van der Waals surface area contributed by atoms with Crippen LogP contribution >= 0.6 is 0 Å². The van der Waals surface area contributed by atoms with E-state index in [9.17, 15) is 13.2 Å². The molecule has 0 aromatic carbocycles. The van der Waals surface area contributed by atoms with Gasteiger partial charge in [-0.25, -0.2) is 8.42 Å². The van der Waals surface area contributed by atoms with E-state index in [1.807, 2.05) is 0 Å². The standard InChI is InChI=1S/C14H19N3O5S/c1-23(20,21)14-17-16-13(22-14)10-5-7-11(8-6-10)15-9-3-2-4-12(18)19/h10-11,15H,2,4-8H2,1H3,(H,18,19). The smallest absolute Gasteiger partial charge is 0.335 e. The lowest BCUT2D eigenvalue weighted by Gasteiger charge is -2.25. The molecule has 1 heterocycles. The van der Waals surface area contributed by atoms with Crippen LogP contribution in [-0.2, 0) is 14.6 Å². The van der Waals surface area contributed by atoms with Gasteiger partial charge in [0, 0.05) is 30.7 Å². The van der Waals surface area contributed by atoms with Crippen LogP contribution < -0.4 is 5.32 Å². The lowest BCUT2D eigenvalue weighted by Crippen LogP contribution is -2.29. The van der Waals surface area contributed by atoms with E-state index in [2.05, 4.69) is 27.5 Å². The molecule has 126 valence electrons. The molecule has 0 unspecified atom stereocenters. The quantitative estimate of drug-likeness (QED) is 0.598. The van der Waals surface area contributed by atoms with Crippen molar-refractivity contribution in [3.05, 3.63) is 5.89 Å². The number of hydrogen-bond acceptors (Lipinski definition) is 7. The molecule has 1 aliphatic carbocycles. The lowest BCUT2D eigenvalue weighted by atomic mass is 9.86. The molecule has 0 radical (unpaired) electrons. The molecule has 1 aromatic rings. The van der Waals surface area contributed by atoms with Crippen molar-refractivity contribution in [1.82, 2.24) is 15.5 Å². The van der Waals surface area contributed by atoms with Crippen LogP contribution in [0.15, 0.2) is 9.64 Å². The lowest BCUT2D eigenvalue weighted by molar-refractivity contribution is -0.136. The summed E-state index contributed by atoms with van der Waals surface area (Å²) in [6.45, 7) is 0. The topological polar surface area (TPSA) is 122 Å². The van der Waals surface area contributed by atoms with E-state index >= 15 is 0 Å². The van der Waals surface area contributed by atoms with Gasteiger partial charge in [-0.15, -0.1) is 5.10 Å². The number of carbonyl (C=O) groups is 1. The molecule has 1 aliphatic rings. The Labute approximate surface area is 134 Å². The third-order valence-electron chi connectivity index (χ3n) is 3.64. The molecule has 23 heavy (non-hydrogen) atoms. The molecule has 1 saturated carbocycles. The maximum absolute atomic E-state index is 11.3. The first-order valence-electron chi connectivity index (χ1n) is 7.35. The maximum atomic E-state index is 11.3. The van der Waals surface area contributed by atoms with Gasteiger partial charge in [-0.2, -0.15) is 0 Å². The largest absolute Gasteiger partial charge is 0.481 e. The summed E-state index contributed by atoms with van der Waals surface area (Å²) in [4.78, 5) is 10.4. The van der Waals surface area contributed by atoms with Crippen LogP contribution in [0.4, 0.5) is 0 Å². The Morgan fingerprint density at radius 3 is 2.61 bits per heavy atom. The van der Waals surface area contributed by atoms with Crippen molar-refractivity contribution in [3.8, 4) is 12.0 Å². The van der Waals surface area contributed by atoms with E-state index in [0.29, 0.717) is 12.3 Å². The third kappa shape index (κ3) is 5.25. The number of rotatable bonds is 5. The minimum atomic E-state index is -3.47. The van der Waals surface area contributed by atoms with Crippen LogP contribution in [0, 0.1) is 12.0 Å². The van der Waals surface area contributed by atoms with Crippen LogP contribution in [0.1, 0.15) is 50.3 Å². The van der Waals surface area contributed by atoms with Gasteiger partial charge in [0.15, 0.2) is 0 Å². The van der Waals surface area contributed by atoms with Crippen LogP contribution in [0.5, 0.6) is 0 Å². The summed E-state index contributed by atoms with van der Waals surface area (Å²) >= 11 is 0. The number of aromatic nitrogens is 2. The van der Waals surface area contributed by atoms with Crippen molar-refractivity contribution in [3.63, 3.8) is 0 Å². The predicted molar refractivity (Wildman–Crippen MR) is 80.2 cm³/mol. The van der Waals surface area contributed by atoms with E-state index in [1.165, 1.54) is 0 Å². The van der Waals surface area contributed by atoms with Gasteiger partial charge in [-0.05, 0) is 25.7 Å². The zero-order valence-corrected chi connectivity index (χ0v) is 13.6. The SMILES string of the molecule is CS(=O)(=O)c1nnc(C2CCC(NC#CCCC(=O)O)CC2)o1. The summed E-state index contributed by atoms with van der Waals surface area (Å²) in [5.74, 6) is 2.36. The highest BCUT2D eigenvalue weighted by atomic mass is 32.2. The summed E-state index contributed by atoms with van der Waals surface area (Å²) in [6, 6.07) is 3.03. The molecule has 8 nitrogen and oxygen atoms in total. The van der Waals surface area contributed by atoms with E-state index in [-0.39, 0.29) is 23.6 Å². The number of nitrogens with one attached hydrogen (secondary N) is 1. The van der Waals surface area contributed by atoms with Crippen LogP contribution in [0.25, 0.3) is 0 Å². The van der Waals surface area contributed by atoms with Crippen molar-refractivity contribution in [2.24, 2.45) is 0 Å². The Morgan fingerprint density at radius 1 is 1.35 bits per heavy atom. The van der Waals surface area contributed by atoms with Gasteiger partial charge < -0.3 is 14.8 Å². The summed E-state index contributed by atoms with van der Waals surface area (Å²) in [5, 5.41) is 18.7. The fourth-order valence-electron chi connectivity index (χ4n) is 2.40. The molecule has 1 aromatic heterocycles. The molecule has 0 bridgehead atoms. The molecular weight excluding hydrogens is 322 g/mol. The van der Waals surface area contributed by atoms with Crippen molar-refractivity contribution < 1.29 is 22.7 Å². The first-order chi connectivity index (χ1) is 10.9. The summed E-state index contributed by atoms with van der Waals surface area (Å²) in [6.07, 6.45) is 4.73. The van der Waals surface area contributed by atoms with Gasteiger partial charge >= 0.3 is 11.2 Å². The molecule has 0 aliphatic heterocycles. The Balaban J connectivity index is 1.80. The van der Waals surface area contributed by atoms with E-state index in [4.69, 9.17) is 9.52 Å². The van der Waals surface area contributed by atoms with Crippen LogP contribution in [0.2, 0.25) is 0 Å². The van der Waals surface area contributed by atoms with Gasteiger partial charge in [-0.1, -0.05) is 11.0 Å². The second-order valence-corrected chi connectivity index (χ2v) is 7.46. The van der Waals surface area contributed by atoms with E-state index in [0.717, 1.165) is 31.9 Å². The van der Waals surface area contributed by atoms with Crippen LogP contribution in [-0.4, -0.2) is 42.0 Å². The molecule has 1 fully saturated rings. The zero-order chi connectivity index (χ0) is 16.9. The fourth-order valence-corrected chi connectivity index (χ4v) is 2.83.